The molecule has 0 aliphatic rings. The fourth-order valence-electron chi connectivity index (χ4n) is 1.17. The van der Waals surface area contributed by atoms with Gasteiger partial charge in [0.05, 0.1) is 12.6 Å². The zero-order valence-corrected chi connectivity index (χ0v) is 9.09. The van der Waals surface area contributed by atoms with Gasteiger partial charge in [-0.2, -0.15) is 0 Å². The van der Waals surface area contributed by atoms with Gasteiger partial charge in [-0.1, -0.05) is 11.3 Å². The van der Waals surface area contributed by atoms with E-state index in [9.17, 15) is 0 Å². The number of rotatable bonds is 7. The Morgan fingerprint density at radius 1 is 1.71 bits per heavy atom. The molecule has 1 heterocycles. The van der Waals surface area contributed by atoms with Crippen LogP contribution in [0, 0.1) is 0 Å². The molecule has 0 aliphatic carbocycles. The van der Waals surface area contributed by atoms with Gasteiger partial charge in [0.1, 0.15) is 5.51 Å². The molecule has 0 saturated carbocycles. The lowest BCUT2D eigenvalue weighted by molar-refractivity contribution is 0.182. The molecule has 0 amide bonds. The molecule has 1 aromatic heterocycles. The minimum atomic E-state index is 0.275. The Bertz CT molecular complexity index is 229. The Balaban J connectivity index is 2.34. The largest absolute Gasteiger partial charge is 0.383 e. The van der Waals surface area contributed by atoms with Crippen LogP contribution in [-0.2, 0) is 4.74 Å². The Morgan fingerprint density at radius 3 is 3.14 bits per heavy atom. The van der Waals surface area contributed by atoms with Gasteiger partial charge in [-0.3, -0.25) is 0 Å². The number of methoxy groups -OCH3 is 1. The van der Waals surface area contributed by atoms with Crippen molar-refractivity contribution in [3.05, 3.63) is 5.51 Å². The number of aromatic nitrogens is 2. The standard InChI is InChI=1S/C8H16N4OS/c1-13-5-7(3-2-4-9)11-8-12-10-6-14-8/h6-7H,2-5,9H2,1H3,(H,11,12). The van der Waals surface area contributed by atoms with Gasteiger partial charge in [-0.25, -0.2) is 0 Å². The molecular formula is C8H16N4OS. The van der Waals surface area contributed by atoms with Crippen LogP contribution in [0.25, 0.3) is 0 Å². The fourth-order valence-corrected chi connectivity index (χ4v) is 1.70. The van der Waals surface area contributed by atoms with Gasteiger partial charge in [-0.15, -0.1) is 10.2 Å². The van der Waals surface area contributed by atoms with Gasteiger partial charge in [0.15, 0.2) is 0 Å². The van der Waals surface area contributed by atoms with Crippen molar-refractivity contribution < 1.29 is 4.74 Å². The molecule has 14 heavy (non-hydrogen) atoms. The molecule has 0 aliphatic heterocycles. The van der Waals surface area contributed by atoms with Crippen LogP contribution < -0.4 is 11.1 Å². The van der Waals surface area contributed by atoms with E-state index in [2.05, 4.69) is 15.5 Å². The quantitative estimate of drug-likeness (QED) is 0.702. The summed E-state index contributed by atoms with van der Waals surface area (Å²) in [5, 5.41) is 11.8. The maximum absolute atomic E-state index is 5.45. The molecule has 1 unspecified atom stereocenters. The SMILES string of the molecule is COCC(CCCN)Nc1nncs1. The van der Waals surface area contributed by atoms with Crippen molar-refractivity contribution in [1.29, 1.82) is 0 Å². The predicted octanol–water partition coefficient (Wildman–Crippen LogP) is 0.704. The van der Waals surface area contributed by atoms with Crippen molar-refractivity contribution in [2.45, 2.75) is 18.9 Å². The molecule has 80 valence electrons. The van der Waals surface area contributed by atoms with E-state index in [-0.39, 0.29) is 6.04 Å². The van der Waals surface area contributed by atoms with E-state index in [1.54, 1.807) is 12.6 Å². The fraction of sp³-hybridized carbons (Fsp3) is 0.750. The second-order valence-electron chi connectivity index (χ2n) is 2.97. The minimum Gasteiger partial charge on any atom is -0.383 e. The van der Waals surface area contributed by atoms with Crippen LogP contribution in [0.2, 0.25) is 0 Å². The third-order valence-electron chi connectivity index (χ3n) is 1.81. The van der Waals surface area contributed by atoms with Gasteiger partial charge in [-0.05, 0) is 19.4 Å². The normalized spacial score (nSPS) is 12.7. The smallest absolute Gasteiger partial charge is 0.205 e. The summed E-state index contributed by atoms with van der Waals surface area (Å²) < 4.78 is 5.10. The van der Waals surface area contributed by atoms with Crippen LogP contribution in [-0.4, -0.2) is 36.5 Å². The highest BCUT2D eigenvalue weighted by atomic mass is 32.1. The van der Waals surface area contributed by atoms with E-state index in [1.807, 2.05) is 0 Å². The number of hydrogen-bond acceptors (Lipinski definition) is 6. The van der Waals surface area contributed by atoms with Crippen molar-refractivity contribution in [1.82, 2.24) is 10.2 Å². The zero-order chi connectivity index (χ0) is 10.2. The van der Waals surface area contributed by atoms with E-state index in [4.69, 9.17) is 10.5 Å². The molecule has 0 saturated heterocycles. The van der Waals surface area contributed by atoms with Crippen LogP contribution >= 0.6 is 11.3 Å². The lowest BCUT2D eigenvalue weighted by Gasteiger charge is -2.16. The average molecular weight is 216 g/mol. The van der Waals surface area contributed by atoms with Crippen LogP contribution in [0.3, 0.4) is 0 Å². The van der Waals surface area contributed by atoms with E-state index in [0.29, 0.717) is 13.2 Å². The molecule has 0 bridgehead atoms. The molecule has 0 fully saturated rings. The summed E-state index contributed by atoms with van der Waals surface area (Å²) in [6, 6.07) is 0.275. The van der Waals surface area contributed by atoms with Crippen molar-refractivity contribution in [2.75, 3.05) is 25.6 Å². The van der Waals surface area contributed by atoms with Gasteiger partial charge >= 0.3 is 0 Å². The van der Waals surface area contributed by atoms with Crippen molar-refractivity contribution in [3.8, 4) is 0 Å². The number of nitrogens with zero attached hydrogens (tertiary/aromatic N) is 2. The first-order valence-electron chi connectivity index (χ1n) is 4.58. The molecule has 0 aromatic carbocycles. The van der Waals surface area contributed by atoms with E-state index >= 15 is 0 Å². The summed E-state index contributed by atoms with van der Waals surface area (Å²) >= 11 is 1.49. The first-order valence-corrected chi connectivity index (χ1v) is 5.46. The van der Waals surface area contributed by atoms with Crippen molar-refractivity contribution >= 4 is 16.5 Å². The Morgan fingerprint density at radius 2 is 2.57 bits per heavy atom. The molecule has 1 aromatic rings. The summed E-state index contributed by atoms with van der Waals surface area (Å²) in [5.41, 5.74) is 7.16. The lowest BCUT2D eigenvalue weighted by Crippen LogP contribution is -2.25. The zero-order valence-electron chi connectivity index (χ0n) is 8.27. The highest BCUT2D eigenvalue weighted by Gasteiger charge is 2.08. The van der Waals surface area contributed by atoms with E-state index < -0.39 is 0 Å². The van der Waals surface area contributed by atoms with Gasteiger partial charge in [0.2, 0.25) is 5.13 Å². The van der Waals surface area contributed by atoms with E-state index in [0.717, 1.165) is 18.0 Å². The topological polar surface area (TPSA) is 73.1 Å². The predicted molar refractivity (Wildman–Crippen MR) is 57.5 cm³/mol. The monoisotopic (exact) mass is 216 g/mol. The number of hydrogen-bond donors (Lipinski definition) is 2. The molecule has 0 radical (unpaired) electrons. The van der Waals surface area contributed by atoms with Gasteiger partial charge < -0.3 is 15.8 Å². The molecular weight excluding hydrogens is 200 g/mol. The lowest BCUT2D eigenvalue weighted by atomic mass is 10.2. The van der Waals surface area contributed by atoms with Crippen LogP contribution in [0.15, 0.2) is 5.51 Å². The maximum Gasteiger partial charge on any atom is 0.205 e. The molecule has 1 rings (SSSR count). The summed E-state index contributed by atoms with van der Waals surface area (Å²) in [6.07, 6.45) is 1.98. The van der Waals surface area contributed by atoms with Crippen LogP contribution in [0.5, 0.6) is 0 Å². The summed E-state index contributed by atoms with van der Waals surface area (Å²) in [5.74, 6) is 0. The average Bonchev–Trinajstić information content (AvgIpc) is 2.67. The van der Waals surface area contributed by atoms with E-state index in [1.165, 1.54) is 11.3 Å². The Hall–Kier alpha value is -0.720. The van der Waals surface area contributed by atoms with Gasteiger partial charge in [0.25, 0.3) is 0 Å². The number of nitrogens with two attached hydrogens (primary N) is 1. The number of anilines is 1. The highest BCUT2D eigenvalue weighted by Crippen LogP contribution is 2.12. The molecule has 5 nitrogen and oxygen atoms in total. The second-order valence-corrected chi connectivity index (χ2v) is 3.80. The van der Waals surface area contributed by atoms with Gasteiger partial charge in [0, 0.05) is 7.11 Å². The third-order valence-corrected chi connectivity index (χ3v) is 2.43. The molecule has 1 atom stereocenters. The second kappa shape index (κ2) is 6.69. The number of ether oxygens (including phenoxy) is 1. The molecule has 0 spiro atoms. The molecule has 3 N–H and O–H groups in total. The summed E-state index contributed by atoms with van der Waals surface area (Å²) in [6.45, 7) is 1.37. The number of nitrogens with one attached hydrogen (secondary N) is 1. The first-order chi connectivity index (χ1) is 6.86. The Labute approximate surface area is 87.7 Å². The highest BCUT2D eigenvalue weighted by molar-refractivity contribution is 7.13. The van der Waals surface area contributed by atoms with Crippen molar-refractivity contribution in [3.63, 3.8) is 0 Å². The van der Waals surface area contributed by atoms with Crippen LogP contribution in [0.1, 0.15) is 12.8 Å². The summed E-state index contributed by atoms with van der Waals surface area (Å²) in [4.78, 5) is 0. The molecule has 6 heteroatoms. The third kappa shape index (κ3) is 3.99. The minimum absolute atomic E-state index is 0.275. The maximum atomic E-state index is 5.45. The van der Waals surface area contributed by atoms with Crippen LogP contribution in [0.4, 0.5) is 5.13 Å². The first kappa shape index (κ1) is 11.4. The Kier molecular flexibility index (Phi) is 5.43. The van der Waals surface area contributed by atoms with Crippen molar-refractivity contribution in [2.24, 2.45) is 5.73 Å². The summed E-state index contributed by atoms with van der Waals surface area (Å²) in [7, 11) is 1.69.